The van der Waals surface area contributed by atoms with Crippen LogP contribution in [-0.2, 0) is 65.4 Å². The van der Waals surface area contributed by atoms with E-state index in [2.05, 4.69) is 48.5 Å². The van der Waals surface area contributed by atoms with E-state index in [0.717, 1.165) is 114 Å². The van der Waals surface area contributed by atoms with Gasteiger partial charge in [-0.15, -0.1) is 0 Å². The van der Waals surface area contributed by atoms with E-state index < -0.39 is 97.5 Å². The third-order valence-corrected chi connectivity index (χ3v) is 20.6. The summed E-state index contributed by atoms with van der Waals surface area (Å²) in [6.45, 7) is 11.9. The number of phosphoric acid groups is 2. The van der Waals surface area contributed by atoms with Gasteiger partial charge in [-0.25, -0.2) is 9.13 Å². The minimum Gasteiger partial charge on any atom is -0.462 e. The molecule has 0 fully saturated rings. The number of carbonyl (C=O) groups excluding carboxylic acids is 4. The molecule has 19 heteroatoms. The van der Waals surface area contributed by atoms with Gasteiger partial charge in [0.05, 0.1) is 26.4 Å². The summed E-state index contributed by atoms with van der Waals surface area (Å²) in [5.41, 5.74) is 0. The summed E-state index contributed by atoms with van der Waals surface area (Å²) >= 11 is 0. The highest BCUT2D eigenvalue weighted by atomic mass is 31.2. The van der Waals surface area contributed by atoms with Gasteiger partial charge in [-0.1, -0.05) is 357 Å². The number of hydrogen-bond donors (Lipinski definition) is 3. The van der Waals surface area contributed by atoms with Crippen molar-refractivity contribution in [2.45, 2.75) is 426 Å². The van der Waals surface area contributed by atoms with Crippen LogP contribution in [0, 0.1) is 17.8 Å². The van der Waals surface area contributed by atoms with E-state index in [9.17, 15) is 43.2 Å². The van der Waals surface area contributed by atoms with Gasteiger partial charge >= 0.3 is 39.5 Å². The van der Waals surface area contributed by atoms with Crippen molar-refractivity contribution in [1.29, 1.82) is 0 Å². The molecule has 0 bridgehead atoms. The first-order valence-corrected chi connectivity index (χ1v) is 43.9. The molecule has 3 N–H and O–H groups in total. The molecular formula is C79H154O17P2. The van der Waals surface area contributed by atoms with Gasteiger partial charge in [0, 0.05) is 25.7 Å². The van der Waals surface area contributed by atoms with Crippen molar-refractivity contribution >= 4 is 39.5 Å². The summed E-state index contributed by atoms with van der Waals surface area (Å²) in [6, 6.07) is 0. The van der Waals surface area contributed by atoms with Gasteiger partial charge in [0.1, 0.15) is 19.3 Å². The zero-order chi connectivity index (χ0) is 72.3. The van der Waals surface area contributed by atoms with Crippen LogP contribution in [0.4, 0.5) is 0 Å². The lowest BCUT2D eigenvalue weighted by Crippen LogP contribution is -2.30. The van der Waals surface area contributed by atoms with Gasteiger partial charge in [0.25, 0.3) is 0 Å². The van der Waals surface area contributed by atoms with Crippen molar-refractivity contribution in [2.24, 2.45) is 17.8 Å². The molecule has 98 heavy (non-hydrogen) atoms. The zero-order valence-electron chi connectivity index (χ0n) is 64.3. The minimum atomic E-state index is -4.96. The Bertz CT molecular complexity index is 1910. The number of phosphoric ester groups is 2. The number of ether oxygens (including phenoxy) is 4. The zero-order valence-corrected chi connectivity index (χ0v) is 66.0. The first-order chi connectivity index (χ1) is 47.3. The second-order valence-electron chi connectivity index (χ2n) is 29.6. The molecule has 0 rings (SSSR count). The second-order valence-corrected chi connectivity index (χ2v) is 32.6. The summed E-state index contributed by atoms with van der Waals surface area (Å²) in [7, 11) is -9.92. The molecule has 0 aliphatic rings. The van der Waals surface area contributed by atoms with E-state index >= 15 is 0 Å². The lowest BCUT2D eigenvalue weighted by molar-refractivity contribution is -0.161. The molecule has 3 unspecified atom stereocenters. The Morgan fingerprint density at radius 1 is 0.296 bits per heavy atom. The predicted molar refractivity (Wildman–Crippen MR) is 400 cm³/mol. The maximum absolute atomic E-state index is 13.1. The molecule has 0 spiro atoms. The molecule has 0 saturated heterocycles. The summed E-state index contributed by atoms with van der Waals surface area (Å²) in [6.07, 6.45) is 56.9. The van der Waals surface area contributed by atoms with Crippen molar-refractivity contribution in [3.05, 3.63) is 0 Å². The van der Waals surface area contributed by atoms with Gasteiger partial charge in [-0.2, -0.15) is 0 Å². The van der Waals surface area contributed by atoms with Crippen LogP contribution in [-0.4, -0.2) is 96.7 Å². The number of aliphatic hydroxyl groups is 1. The molecule has 0 radical (unpaired) electrons. The van der Waals surface area contributed by atoms with Crippen molar-refractivity contribution in [3.8, 4) is 0 Å². The minimum absolute atomic E-state index is 0.106. The van der Waals surface area contributed by atoms with E-state index in [0.29, 0.717) is 25.7 Å². The van der Waals surface area contributed by atoms with Gasteiger partial charge in [-0.3, -0.25) is 37.3 Å². The van der Waals surface area contributed by atoms with Crippen LogP contribution >= 0.6 is 15.6 Å². The molecule has 0 aromatic carbocycles. The fourth-order valence-corrected chi connectivity index (χ4v) is 13.7. The summed E-state index contributed by atoms with van der Waals surface area (Å²) in [5, 5.41) is 10.6. The Hall–Kier alpha value is -1.94. The van der Waals surface area contributed by atoms with Crippen molar-refractivity contribution < 1.29 is 80.2 Å². The molecule has 0 aromatic rings. The summed E-state index contributed by atoms with van der Waals surface area (Å²) in [4.78, 5) is 72.9. The summed E-state index contributed by atoms with van der Waals surface area (Å²) in [5.74, 6) is 0.219. The molecule has 0 saturated carbocycles. The van der Waals surface area contributed by atoms with E-state index in [1.807, 2.05) is 0 Å². The lowest BCUT2D eigenvalue weighted by atomic mass is 10.00. The first-order valence-electron chi connectivity index (χ1n) is 40.9. The van der Waals surface area contributed by atoms with E-state index in [-0.39, 0.29) is 25.7 Å². The van der Waals surface area contributed by atoms with Gasteiger partial charge in [-0.05, 0) is 43.4 Å². The fraction of sp³-hybridized carbons (Fsp3) is 0.949. The number of aliphatic hydroxyl groups excluding tert-OH is 1. The van der Waals surface area contributed by atoms with Crippen LogP contribution in [0.5, 0.6) is 0 Å². The van der Waals surface area contributed by atoms with Crippen LogP contribution < -0.4 is 0 Å². The Balaban J connectivity index is 5.22. The third kappa shape index (κ3) is 71.1. The van der Waals surface area contributed by atoms with Gasteiger partial charge < -0.3 is 33.8 Å². The number of unbranched alkanes of at least 4 members (excludes halogenated alkanes) is 44. The smallest absolute Gasteiger partial charge is 0.462 e. The highest BCUT2D eigenvalue weighted by molar-refractivity contribution is 7.47. The third-order valence-electron chi connectivity index (χ3n) is 18.7. The molecule has 582 valence electrons. The lowest BCUT2D eigenvalue weighted by Gasteiger charge is -2.21. The van der Waals surface area contributed by atoms with Crippen LogP contribution in [0.1, 0.15) is 408 Å². The van der Waals surface area contributed by atoms with E-state index in [1.165, 1.54) is 212 Å². The molecule has 0 heterocycles. The standard InChI is InChI=1S/C79H154O17P2/c1-8-10-11-12-13-14-15-28-34-39-48-55-62-78(83)96-75(67-90-77(82)61-54-47-42-41-45-52-59-72(7)9-2)69-94-98(87,88)92-65-73(80)64-91-97(85,86)93-68-74(66-89-76(81)60-53-46-38-33-29-25-24-27-32-37-44-51-58-71(5)6)95-79(84)63-56-49-40-35-30-23-21-19-17-16-18-20-22-26-31-36-43-50-57-70(3)4/h70-75,80H,8-69H2,1-7H3,(H,85,86)(H,87,88)/t72?,73-,74-,75-/m1/s1. The molecule has 0 aromatic heterocycles. The van der Waals surface area contributed by atoms with Crippen molar-refractivity contribution in [2.75, 3.05) is 39.6 Å². The van der Waals surface area contributed by atoms with Gasteiger partial charge in [0.2, 0.25) is 0 Å². The average molecular weight is 1440 g/mol. The Kier molecular flexibility index (Phi) is 68.1. The van der Waals surface area contributed by atoms with Crippen LogP contribution in [0.25, 0.3) is 0 Å². The molecule has 6 atom stereocenters. The molecule has 0 aliphatic carbocycles. The van der Waals surface area contributed by atoms with Crippen molar-refractivity contribution in [3.63, 3.8) is 0 Å². The number of hydrogen-bond acceptors (Lipinski definition) is 15. The topological polar surface area (TPSA) is 237 Å². The van der Waals surface area contributed by atoms with E-state index in [1.54, 1.807) is 0 Å². The normalized spacial score (nSPS) is 14.3. The highest BCUT2D eigenvalue weighted by Gasteiger charge is 2.30. The quantitative estimate of drug-likeness (QED) is 0.0222. The second kappa shape index (κ2) is 69.4. The maximum Gasteiger partial charge on any atom is 0.472 e. The molecule has 17 nitrogen and oxygen atoms in total. The Morgan fingerprint density at radius 3 is 0.776 bits per heavy atom. The summed E-state index contributed by atoms with van der Waals surface area (Å²) < 4.78 is 68.6. The van der Waals surface area contributed by atoms with E-state index in [4.69, 9.17) is 37.0 Å². The maximum atomic E-state index is 13.1. The van der Waals surface area contributed by atoms with Crippen molar-refractivity contribution in [1.82, 2.24) is 0 Å². The number of carbonyl (C=O) groups is 4. The first kappa shape index (κ1) is 96.1. The Labute approximate surface area is 600 Å². The SMILES string of the molecule is CCCCCCCCCCCCCCC(=O)O[C@H](COC(=O)CCCCCCCCC(C)CC)COP(=O)(O)OC[C@H](O)COP(=O)(O)OC[C@@H](COC(=O)CCCCCCCCCCCCCCC(C)C)OC(=O)CCCCCCCCCCCCCCCCCCCCC(C)C. The molecular weight excluding hydrogens is 1280 g/mol. The largest absolute Gasteiger partial charge is 0.472 e. The number of esters is 4. The molecule has 0 amide bonds. The Morgan fingerprint density at radius 2 is 0.520 bits per heavy atom. The van der Waals surface area contributed by atoms with Crippen LogP contribution in [0.15, 0.2) is 0 Å². The van der Waals surface area contributed by atoms with Crippen LogP contribution in [0.2, 0.25) is 0 Å². The van der Waals surface area contributed by atoms with Crippen LogP contribution in [0.3, 0.4) is 0 Å². The highest BCUT2D eigenvalue weighted by Crippen LogP contribution is 2.45. The van der Waals surface area contributed by atoms with Gasteiger partial charge in [0.15, 0.2) is 12.2 Å². The predicted octanol–water partition coefficient (Wildman–Crippen LogP) is 23.4. The number of rotatable bonds is 77. The fourth-order valence-electron chi connectivity index (χ4n) is 12.1. The average Bonchev–Trinajstić information content (AvgIpc) is 1.02. The monoisotopic (exact) mass is 1440 g/mol. The molecule has 0 aliphatic heterocycles.